The molecule has 13 amide bonds. The maximum absolute atomic E-state index is 13.5. The molecule has 0 saturated carbocycles. The number of carbonyl (C=O) groups excluding carboxylic acids is 13. The first-order valence-electron chi connectivity index (χ1n) is 24.6. The third kappa shape index (κ3) is 25.9. The minimum atomic E-state index is -2.03. The molecule has 11 atom stereocenters. The monoisotopic (exact) mass is 1210 g/mol. The molecule has 0 saturated heterocycles. The van der Waals surface area contributed by atoms with Crippen LogP contribution >= 0.6 is 25.3 Å². The Kier molecular flexibility index (Phi) is 32.3. The number of carbonyl (C=O) groups is 15. The first kappa shape index (κ1) is 71.8. The molecule has 0 aliphatic heterocycles. The van der Waals surface area contributed by atoms with Crippen molar-refractivity contribution >= 4 is 114 Å². The Bertz CT molecular complexity index is 2440. The van der Waals surface area contributed by atoms with Crippen LogP contribution in [0.1, 0.15) is 51.6 Å². The molecule has 0 aromatic carbocycles. The summed E-state index contributed by atoms with van der Waals surface area (Å²) in [4.78, 5) is 198. The maximum Gasteiger partial charge on any atom is 0.305 e. The van der Waals surface area contributed by atoms with Crippen molar-refractivity contribution < 1.29 is 97.5 Å². The number of H-pyrrole nitrogens is 1. The lowest BCUT2D eigenvalue weighted by Gasteiger charge is -2.26. The van der Waals surface area contributed by atoms with Gasteiger partial charge in [0.15, 0.2) is 0 Å². The summed E-state index contributed by atoms with van der Waals surface area (Å²) >= 11 is 8.01. The number of imidazole rings is 1. The van der Waals surface area contributed by atoms with Crippen LogP contribution in [0.5, 0.6) is 0 Å². The lowest BCUT2D eigenvalue weighted by molar-refractivity contribution is -0.142. The van der Waals surface area contributed by atoms with Crippen molar-refractivity contribution in [3.8, 4) is 0 Å². The van der Waals surface area contributed by atoms with E-state index in [1.165, 1.54) is 12.5 Å². The van der Waals surface area contributed by atoms with Gasteiger partial charge in [0.1, 0.15) is 60.4 Å². The Balaban J connectivity index is 3.12. The summed E-state index contributed by atoms with van der Waals surface area (Å²) in [5, 5.41) is 71.6. The number of nitrogens with two attached hydrogens (primary N) is 3. The molecule has 82 heavy (non-hydrogen) atoms. The van der Waals surface area contributed by atoms with Crippen LogP contribution in [0, 0.1) is 5.92 Å². The molecule has 1 aromatic rings. The van der Waals surface area contributed by atoms with E-state index < -0.39 is 219 Å². The normalized spacial score (nSPS) is 14.9. The fourth-order valence-electron chi connectivity index (χ4n) is 6.70. The number of hydrogen-bond acceptors (Lipinski definition) is 22. The van der Waals surface area contributed by atoms with Crippen molar-refractivity contribution in [2.24, 2.45) is 23.1 Å². The molecule has 1 rings (SSSR count). The Labute approximate surface area is 477 Å². The number of nitrogens with one attached hydrogen (secondary N) is 12. The van der Waals surface area contributed by atoms with Gasteiger partial charge in [-0.3, -0.25) is 71.9 Å². The van der Waals surface area contributed by atoms with Crippen LogP contribution in [0.25, 0.3) is 0 Å². The van der Waals surface area contributed by atoms with Crippen molar-refractivity contribution in [3.63, 3.8) is 0 Å². The summed E-state index contributed by atoms with van der Waals surface area (Å²) < 4.78 is 0. The molecule has 0 unspecified atom stereocenters. The van der Waals surface area contributed by atoms with Crippen molar-refractivity contribution in [1.82, 2.24) is 68.5 Å². The topological polar surface area (TPSA) is 596 Å². The number of rotatable bonds is 39. The van der Waals surface area contributed by atoms with E-state index in [2.05, 4.69) is 83.1 Å². The minimum Gasteiger partial charge on any atom is -0.481 e. The smallest absolute Gasteiger partial charge is 0.305 e. The van der Waals surface area contributed by atoms with E-state index in [1.54, 1.807) is 13.8 Å². The highest BCUT2D eigenvalue weighted by Gasteiger charge is 2.35. The average molecular weight is 1210 g/mol. The predicted octanol–water partition coefficient (Wildman–Crippen LogP) is -11.5. The minimum absolute atomic E-state index is 0.263. The predicted molar refractivity (Wildman–Crippen MR) is 284 cm³/mol. The second-order valence-corrected chi connectivity index (χ2v) is 18.5. The quantitative estimate of drug-likeness (QED) is 0.0272. The molecule has 0 aliphatic carbocycles. The Morgan fingerprint density at radius 3 is 1.39 bits per heavy atom. The van der Waals surface area contributed by atoms with Crippen LogP contribution in [-0.4, -0.2) is 229 Å². The summed E-state index contributed by atoms with van der Waals surface area (Å²) in [6.07, 6.45) is -0.780. The van der Waals surface area contributed by atoms with E-state index >= 15 is 0 Å². The summed E-state index contributed by atoms with van der Waals surface area (Å²) in [5.41, 5.74) is 16.4. The first-order chi connectivity index (χ1) is 38.5. The molecular weight excluding hydrogens is 1140 g/mol. The third-order valence-electron chi connectivity index (χ3n) is 11.4. The van der Waals surface area contributed by atoms with E-state index in [9.17, 15) is 92.3 Å². The average Bonchev–Trinajstić information content (AvgIpc) is 3.99. The van der Waals surface area contributed by atoms with Crippen molar-refractivity contribution in [2.45, 2.75) is 113 Å². The lowest BCUT2D eigenvalue weighted by Crippen LogP contribution is -2.61. The van der Waals surface area contributed by atoms with Crippen LogP contribution < -0.4 is 75.7 Å². The molecule has 0 bridgehead atoms. The van der Waals surface area contributed by atoms with Gasteiger partial charge in [0.25, 0.3) is 0 Å². The van der Waals surface area contributed by atoms with E-state index in [1.807, 2.05) is 10.6 Å². The van der Waals surface area contributed by atoms with Crippen LogP contribution in [0.3, 0.4) is 0 Å². The molecular formula is C44H70N16O20S2. The zero-order valence-corrected chi connectivity index (χ0v) is 45.9. The highest BCUT2D eigenvalue weighted by Crippen LogP contribution is 2.09. The second kappa shape index (κ2) is 36.9. The summed E-state index contributed by atoms with van der Waals surface area (Å²) in [6, 6.07) is -16.6. The first-order valence-corrected chi connectivity index (χ1v) is 25.9. The van der Waals surface area contributed by atoms with Gasteiger partial charge in [-0.2, -0.15) is 25.3 Å². The number of hydrogen-bond donors (Lipinski definition) is 22. The van der Waals surface area contributed by atoms with Crippen molar-refractivity contribution in [1.29, 1.82) is 0 Å². The lowest BCUT2D eigenvalue weighted by atomic mass is 9.98. The second-order valence-electron chi connectivity index (χ2n) is 17.8. The summed E-state index contributed by atoms with van der Waals surface area (Å²) in [7, 11) is 0. The van der Waals surface area contributed by atoms with Crippen LogP contribution in [0.4, 0.5) is 0 Å². The third-order valence-corrected chi connectivity index (χ3v) is 12.2. The van der Waals surface area contributed by atoms with Gasteiger partial charge < -0.3 is 106 Å². The van der Waals surface area contributed by atoms with Gasteiger partial charge in [0, 0.05) is 36.2 Å². The fourth-order valence-corrected chi connectivity index (χ4v) is 7.22. The van der Waals surface area contributed by atoms with Crippen molar-refractivity contribution in [2.75, 3.05) is 44.4 Å². The summed E-state index contributed by atoms with van der Waals surface area (Å²) in [6.45, 7) is -1.67. The van der Waals surface area contributed by atoms with E-state index in [0.29, 0.717) is 12.1 Å². The number of aliphatic hydroxyl groups is 3. The number of carboxylic acid groups (broad SMARTS) is 2. The van der Waals surface area contributed by atoms with Crippen molar-refractivity contribution in [3.05, 3.63) is 18.2 Å². The van der Waals surface area contributed by atoms with E-state index in [4.69, 9.17) is 22.3 Å². The zero-order chi connectivity index (χ0) is 62.4. The number of aliphatic carboxylic acids is 2. The van der Waals surface area contributed by atoms with E-state index in [0.717, 1.165) is 0 Å². The number of amides is 13. The Hall–Kier alpha value is -8.20. The zero-order valence-electron chi connectivity index (χ0n) is 44.1. The van der Waals surface area contributed by atoms with Crippen LogP contribution in [0.15, 0.2) is 12.5 Å². The molecule has 36 nitrogen and oxygen atoms in total. The van der Waals surface area contributed by atoms with Crippen LogP contribution in [-0.2, 0) is 78.3 Å². The number of carboxylic acids is 2. The molecule has 1 aromatic heterocycles. The number of primary amides is 2. The van der Waals surface area contributed by atoms with Gasteiger partial charge in [-0.15, -0.1) is 0 Å². The molecule has 0 spiro atoms. The van der Waals surface area contributed by atoms with Gasteiger partial charge in [-0.25, -0.2) is 4.98 Å². The molecule has 0 aliphatic rings. The number of nitrogens with zero attached hydrogens (tertiary/aromatic N) is 1. The maximum atomic E-state index is 13.5. The van der Waals surface area contributed by atoms with E-state index in [-0.39, 0.29) is 12.2 Å². The molecule has 458 valence electrons. The molecule has 0 radical (unpaired) electrons. The molecule has 38 heteroatoms. The van der Waals surface area contributed by atoms with Gasteiger partial charge in [-0.1, -0.05) is 20.3 Å². The number of aliphatic hydroxyl groups excluding tert-OH is 3. The Morgan fingerprint density at radius 2 is 0.951 bits per heavy atom. The SMILES string of the molecule is CC[C@H](C)[C@H](NC(=O)[C@H](CO)NC(=O)[C@H](CS)NC(=O)[C@H](CC(=O)O)NC(=O)[C@H](CO)NC(=O)CNC(=O)[C@H](CCC(N)=O)NC(=O)[C@H](CC(=O)O)NC(=O)CNC(=O)[C@H](Cc1cnc[nH]1)NC(=O)[C@H](CS)NC(=O)[C@@H](N)CO)C(N)=O. The van der Waals surface area contributed by atoms with Gasteiger partial charge in [-0.05, 0) is 12.3 Å². The van der Waals surface area contributed by atoms with Crippen LogP contribution in [0.2, 0.25) is 0 Å². The number of aromatic nitrogens is 2. The number of thiol groups is 2. The summed E-state index contributed by atoms with van der Waals surface area (Å²) in [5.74, 6) is -19.3. The molecule has 0 fully saturated rings. The standard InChI is InChI=1S/C44H70N16O20S2/c1-3-18(2)34(35(47)71)60-42(78)26(14-63)57-44(80)28(16-82)59-40(76)24(8-33(69)70)56-41(77)25(13-62)53-31(66)11-49-37(73)21(4-5-29(46)64)54-39(75)23(7-32(67)68)52-30(65)10-50-38(74)22(6-19-9-48-17-51-19)55-43(79)27(15-81)58-36(72)20(45)12-61/h9,17-18,20-28,34,61-63,81-82H,3-8,10-16,45H2,1-2H3,(H2,46,64)(H2,47,71)(H,48,51)(H,49,73)(H,50,74)(H,52,65)(H,53,66)(H,54,75)(H,55,79)(H,56,77)(H,57,80)(H,58,72)(H,59,76)(H,60,78)(H,67,68)(H,69,70)/t18-,20-,21-,22-,23-,24-,25-,26-,27-,28-,34-/m0/s1. The highest BCUT2D eigenvalue weighted by molar-refractivity contribution is 7.80. The van der Waals surface area contributed by atoms with Gasteiger partial charge in [0.05, 0.1) is 52.1 Å². The van der Waals surface area contributed by atoms with Gasteiger partial charge >= 0.3 is 11.9 Å². The molecule has 23 N–H and O–H groups in total. The molecule has 1 heterocycles. The number of aromatic amines is 1. The highest BCUT2D eigenvalue weighted by atomic mass is 32.1. The fraction of sp³-hybridized carbons (Fsp3) is 0.591. The Morgan fingerprint density at radius 1 is 0.549 bits per heavy atom. The van der Waals surface area contributed by atoms with Gasteiger partial charge in [0.2, 0.25) is 76.8 Å². The largest absolute Gasteiger partial charge is 0.481 e.